The van der Waals surface area contributed by atoms with Crippen molar-refractivity contribution in [1.82, 2.24) is 5.32 Å². The fourth-order valence-corrected chi connectivity index (χ4v) is 3.29. The summed E-state index contributed by atoms with van der Waals surface area (Å²) in [6, 6.07) is 0. The SMILES string of the molecule is CC(O)CCNC(=O)C1CCS(=O)(=O)C1. The molecule has 0 radical (unpaired) electrons. The first-order valence-corrected chi connectivity index (χ1v) is 6.89. The van der Waals surface area contributed by atoms with Gasteiger partial charge in [-0.2, -0.15) is 0 Å². The molecule has 1 fully saturated rings. The van der Waals surface area contributed by atoms with Crippen LogP contribution in [0, 0.1) is 5.92 Å². The van der Waals surface area contributed by atoms with Crippen molar-refractivity contribution in [2.45, 2.75) is 25.9 Å². The van der Waals surface area contributed by atoms with Crippen LogP contribution in [-0.2, 0) is 14.6 Å². The van der Waals surface area contributed by atoms with E-state index in [2.05, 4.69) is 5.32 Å². The van der Waals surface area contributed by atoms with Crippen LogP contribution in [-0.4, -0.2) is 43.6 Å². The molecular weight excluding hydrogens is 218 g/mol. The predicted molar refractivity (Wildman–Crippen MR) is 56.1 cm³/mol. The van der Waals surface area contributed by atoms with Crippen molar-refractivity contribution in [2.75, 3.05) is 18.1 Å². The zero-order chi connectivity index (χ0) is 11.5. The molecule has 0 aromatic rings. The van der Waals surface area contributed by atoms with E-state index < -0.39 is 21.9 Å². The van der Waals surface area contributed by atoms with Gasteiger partial charge in [0.2, 0.25) is 5.91 Å². The summed E-state index contributed by atoms with van der Waals surface area (Å²) in [4.78, 5) is 11.5. The molecule has 1 rings (SSSR count). The topological polar surface area (TPSA) is 83.5 Å². The van der Waals surface area contributed by atoms with Crippen LogP contribution in [0.15, 0.2) is 0 Å². The zero-order valence-electron chi connectivity index (χ0n) is 8.77. The Hall–Kier alpha value is -0.620. The monoisotopic (exact) mass is 235 g/mol. The Kier molecular flexibility index (Phi) is 4.10. The van der Waals surface area contributed by atoms with Crippen molar-refractivity contribution in [1.29, 1.82) is 0 Å². The molecule has 0 bridgehead atoms. The summed E-state index contributed by atoms with van der Waals surface area (Å²) in [5, 5.41) is 11.6. The van der Waals surface area contributed by atoms with Crippen LogP contribution in [0.1, 0.15) is 19.8 Å². The van der Waals surface area contributed by atoms with Crippen LogP contribution < -0.4 is 5.32 Å². The maximum atomic E-state index is 11.5. The van der Waals surface area contributed by atoms with Crippen LogP contribution in [0.2, 0.25) is 0 Å². The summed E-state index contributed by atoms with van der Waals surface area (Å²) in [6.07, 6.45) is 0.464. The molecule has 2 atom stereocenters. The van der Waals surface area contributed by atoms with Crippen LogP contribution >= 0.6 is 0 Å². The molecule has 1 saturated heterocycles. The Labute approximate surface area is 89.8 Å². The molecule has 1 heterocycles. The van der Waals surface area contributed by atoms with E-state index in [0.29, 0.717) is 19.4 Å². The normalized spacial score (nSPS) is 26.1. The Morgan fingerprint density at radius 2 is 2.27 bits per heavy atom. The maximum absolute atomic E-state index is 11.5. The van der Waals surface area contributed by atoms with Crippen molar-refractivity contribution in [3.63, 3.8) is 0 Å². The third-order valence-corrected chi connectivity index (χ3v) is 4.23. The number of hydrogen-bond donors (Lipinski definition) is 2. The van der Waals surface area contributed by atoms with Crippen molar-refractivity contribution in [2.24, 2.45) is 5.92 Å². The molecule has 0 aliphatic carbocycles. The lowest BCUT2D eigenvalue weighted by atomic mass is 10.1. The fraction of sp³-hybridized carbons (Fsp3) is 0.889. The number of amides is 1. The Morgan fingerprint density at radius 1 is 1.60 bits per heavy atom. The van der Waals surface area contributed by atoms with Gasteiger partial charge in [-0.3, -0.25) is 4.79 Å². The van der Waals surface area contributed by atoms with Crippen LogP contribution in [0.4, 0.5) is 0 Å². The van der Waals surface area contributed by atoms with Gasteiger partial charge in [-0.15, -0.1) is 0 Å². The number of carbonyl (C=O) groups is 1. The van der Waals surface area contributed by atoms with Crippen molar-refractivity contribution >= 4 is 15.7 Å². The Bertz CT molecular complexity index is 323. The highest BCUT2D eigenvalue weighted by Gasteiger charge is 2.32. The minimum atomic E-state index is -2.99. The lowest BCUT2D eigenvalue weighted by Gasteiger charge is -2.10. The van der Waals surface area contributed by atoms with E-state index in [9.17, 15) is 13.2 Å². The zero-order valence-corrected chi connectivity index (χ0v) is 9.59. The Morgan fingerprint density at radius 3 is 2.73 bits per heavy atom. The van der Waals surface area contributed by atoms with E-state index in [1.165, 1.54) is 0 Å². The molecule has 88 valence electrons. The minimum Gasteiger partial charge on any atom is -0.393 e. The number of rotatable bonds is 4. The highest BCUT2D eigenvalue weighted by Crippen LogP contribution is 2.18. The summed E-state index contributed by atoms with van der Waals surface area (Å²) < 4.78 is 22.2. The van der Waals surface area contributed by atoms with Gasteiger partial charge in [0, 0.05) is 6.54 Å². The highest BCUT2D eigenvalue weighted by molar-refractivity contribution is 7.91. The van der Waals surface area contributed by atoms with Crippen LogP contribution in [0.5, 0.6) is 0 Å². The first-order chi connectivity index (χ1) is 6.91. The first-order valence-electron chi connectivity index (χ1n) is 5.07. The largest absolute Gasteiger partial charge is 0.393 e. The summed E-state index contributed by atoms with van der Waals surface area (Å²) in [6.45, 7) is 2.04. The lowest BCUT2D eigenvalue weighted by Crippen LogP contribution is -2.33. The van der Waals surface area contributed by atoms with Gasteiger partial charge in [-0.1, -0.05) is 0 Å². The van der Waals surface area contributed by atoms with E-state index in [1.807, 2.05) is 0 Å². The van der Waals surface area contributed by atoms with Gasteiger partial charge in [0.1, 0.15) is 0 Å². The van der Waals surface area contributed by atoms with Crippen LogP contribution in [0.3, 0.4) is 0 Å². The first kappa shape index (κ1) is 12.4. The number of nitrogens with one attached hydrogen (secondary N) is 1. The second kappa shape index (κ2) is 4.94. The lowest BCUT2D eigenvalue weighted by molar-refractivity contribution is -0.124. The van der Waals surface area contributed by atoms with E-state index >= 15 is 0 Å². The van der Waals surface area contributed by atoms with Crippen molar-refractivity contribution in [3.05, 3.63) is 0 Å². The molecule has 1 aliphatic rings. The van der Waals surface area contributed by atoms with E-state index in [0.717, 1.165) is 0 Å². The molecule has 0 spiro atoms. The quantitative estimate of drug-likeness (QED) is 0.675. The minimum absolute atomic E-state index is 0.0342. The number of carbonyl (C=O) groups excluding carboxylic acids is 1. The third kappa shape index (κ3) is 4.17. The van der Waals surface area contributed by atoms with E-state index in [1.54, 1.807) is 6.92 Å². The van der Waals surface area contributed by atoms with Crippen molar-refractivity contribution in [3.8, 4) is 0 Å². The Balaban J connectivity index is 2.30. The maximum Gasteiger partial charge on any atom is 0.224 e. The summed E-state index contributed by atoms with van der Waals surface area (Å²) in [5.74, 6) is -0.532. The second-order valence-corrected chi connectivity index (χ2v) is 6.26. The highest BCUT2D eigenvalue weighted by atomic mass is 32.2. The van der Waals surface area contributed by atoms with Gasteiger partial charge in [-0.25, -0.2) is 8.42 Å². The summed E-state index contributed by atoms with van der Waals surface area (Å²) >= 11 is 0. The van der Waals surface area contributed by atoms with Gasteiger partial charge in [0.25, 0.3) is 0 Å². The molecular formula is C9H17NO4S. The van der Waals surface area contributed by atoms with Crippen LogP contribution in [0.25, 0.3) is 0 Å². The third-order valence-electron chi connectivity index (χ3n) is 2.46. The smallest absolute Gasteiger partial charge is 0.224 e. The molecule has 0 saturated carbocycles. The molecule has 15 heavy (non-hydrogen) atoms. The molecule has 5 nitrogen and oxygen atoms in total. The van der Waals surface area contributed by atoms with Crippen molar-refractivity contribution < 1.29 is 18.3 Å². The fourth-order valence-electron chi connectivity index (χ4n) is 1.55. The molecule has 6 heteroatoms. The molecule has 1 amide bonds. The molecule has 2 unspecified atom stereocenters. The predicted octanol–water partition coefficient (Wildman–Crippen LogP) is -0.692. The average molecular weight is 235 g/mol. The van der Waals surface area contributed by atoms with E-state index in [4.69, 9.17) is 5.11 Å². The number of aliphatic hydroxyl groups excluding tert-OH is 1. The number of sulfone groups is 1. The average Bonchev–Trinajstić information content (AvgIpc) is 2.45. The van der Waals surface area contributed by atoms with Gasteiger partial charge < -0.3 is 10.4 Å². The number of hydrogen-bond acceptors (Lipinski definition) is 4. The molecule has 0 aromatic heterocycles. The standard InChI is InChI=1S/C9H17NO4S/c1-7(11)2-4-10-9(12)8-3-5-15(13,14)6-8/h7-8,11H,2-6H2,1H3,(H,10,12). The second-order valence-electron chi connectivity index (χ2n) is 4.03. The van der Waals surface area contributed by atoms with Gasteiger partial charge in [0.05, 0.1) is 23.5 Å². The molecule has 0 aromatic carbocycles. The molecule has 2 N–H and O–H groups in total. The summed E-state index contributed by atoms with van der Waals surface area (Å²) in [7, 11) is -2.99. The van der Waals surface area contributed by atoms with Gasteiger partial charge in [-0.05, 0) is 19.8 Å². The number of aliphatic hydroxyl groups is 1. The summed E-state index contributed by atoms with van der Waals surface area (Å²) in [5.41, 5.74) is 0. The molecule has 1 aliphatic heterocycles. The van der Waals surface area contributed by atoms with E-state index in [-0.39, 0.29) is 17.4 Å². The van der Waals surface area contributed by atoms with Gasteiger partial charge in [0.15, 0.2) is 9.84 Å². The van der Waals surface area contributed by atoms with Gasteiger partial charge >= 0.3 is 0 Å².